The van der Waals surface area contributed by atoms with Crippen molar-refractivity contribution in [2.24, 2.45) is 5.41 Å². The summed E-state index contributed by atoms with van der Waals surface area (Å²) in [5.74, 6) is -1.32. The Morgan fingerprint density at radius 1 is 1.00 bits per heavy atom. The van der Waals surface area contributed by atoms with Gasteiger partial charge < -0.3 is 10.1 Å². The van der Waals surface area contributed by atoms with Crippen LogP contribution < -0.4 is 10.1 Å². The zero-order valence-corrected chi connectivity index (χ0v) is 25.2. The van der Waals surface area contributed by atoms with Crippen molar-refractivity contribution in [3.8, 4) is 5.75 Å². The molecule has 44 heavy (non-hydrogen) atoms. The van der Waals surface area contributed by atoms with Gasteiger partial charge in [-0.3, -0.25) is 4.90 Å². The Morgan fingerprint density at radius 2 is 1.73 bits per heavy atom. The van der Waals surface area contributed by atoms with Crippen LogP contribution in [0.5, 0.6) is 5.75 Å². The minimum absolute atomic E-state index is 0.0426. The Labute approximate surface area is 254 Å². The zero-order valence-electron chi connectivity index (χ0n) is 24.4. The molecule has 236 valence electrons. The van der Waals surface area contributed by atoms with Gasteiger partial charge in [0.15, 0.2) is 9.84 Å². The number of ether oxygens (including phenoxy) is 1. The molecule has 2 aliphatic heterocycles. The molecule has 2 atom stereocenters. The third-order valence-corrected chi connectivity index (χ3v) is 12.3. The standard InChI is InChI=1S/C33H35F5N2O3S/c1-31(13-16-39-17-14-31)21-40-18-15-32(44(41,42)25-9-6-23(34)7-10-25)27-11-8-24(19-22(27)5-12-30(32)40)43-20-26-28(33(36,37)38)3-2-4-29(26)35/h2-4,6-11,19,30,39H,5,12-18,20-21H2,1H3/t30-,32-/m1/s1. The van der Waals surface area contributed by atoms with Gasteiger partial charge in [0.05, 0.1) is 10.5 Å². The fraction of sp³-hybridized carbons (Fsp3) is 0.455. The molecule has 2 fully saturated rings. The highest BCUT2D eigenvalue weighted by atomic mass is 32.2. The predicted octanol–water partition coefficient (Wildman–Crippen LogP) is 6.64. The summed E-state index contributed by atoms with van der Waals surface area (Å²) in [6.45, 7) is 4.79. The number of piperidine rings is 1. The smallest absolute Gasteiger partial charge is 0.416 e. The first kappa shape index (κ1) is 31.0. The van der Waals surface area contributed by atoms with Gasteiger partial charge in [-0.1, -0.05) is 19.1 Å². The normalized spacial score (nSPS) is 23.6. The molecule has 0 radical (unpaired) electrons. The number of halogens is 5. The molecule has 5 nitrogen and oxygen atoms in total. The highest BCUT2D eigenvalue weighted by Gasteiger charge is 2.60. The van der Waals surface area contributed by atoms with Crippen LogP contribution in [0.2, 0.25) is 0 Å². The van der Waals surface area contributed by atoms with E-state index in [1.54, 1.807) is 18.2 Å². The second-order valence-corrected chi connectivity index (χ2v) is 14.8. The molecule has 0 amide bonds. The molecule has 11 heteroatoms. The third kappa shape index (κ3) is 5.41. The van der Waals surface area contributed by atoms with E-state index in [0.717, 1.165) is 68.4 Å². The number of hydrogen-bond acceptors (Lipinski definition) is 5. The van der Waals surface area contributed by atoms with Crippen LogP contribution in [-0.2, 0) is 33.8 Å². The molecule has 0 saturated carbocycles. The Kier molecular flexibility index (Phi) is 8.03. The highest BCUT2D eigenvalue weighted by Crippen LogP contribution is 2.54. The van der Waals surface area contributed by atoms with E-state index in [1.165, 1.54) is 12.1 Å². The van der Waals surface area contributed by atoms with E-state index in [2.05, 4.69) is 17.1 Å². The lowest BCUT2D eigenvalue weighted by molar-refractivity contribution is -0.138. The lowest BCUT2D eigenvalue weighted by Crippen LogP contribution is -2.53. The quantitative estimate of drug-likeness (QED) is 0.233. The molecule has 0 spiro atoms. The number of likely N-dealkylation sites (tertiary alicyclic amines) is 1. The lowest BCUT2D eigenvalue weighted by Gasteiger charge is -2.45. The summed E-state index contributed by atoms with van der Waals surface area (Å²) in [6, 6.07) is 12.3. The molecular formula is C33H35F5N2O3S. The molecule has 0 bridgehead atoms. The number of rotatable bonds is 7. The third-order valence-electron chi connectivity index (χ3n) is 9.78. The second kappa shape index (κ2) is 11.4. The first-order valence-corrected chi connectivity index (χ1v) is 16.4. The van der Waals surface area contributed by atoms with E-state index in [9.17, 15) is 30.4 Å². The summed E-state index contributed by atoms with van der Waals surface area (Å²) >= 11 is 0. The molecule has 2 saturated heterocycles. The van der Waals surface area contributed by atoms with Gasteiger partial charge in [0.1, 0.15) is 28.7 Å². The summed E-state index contributed by atoms with van der Waals surface area (Å²) < 4.78 is 102. The summed E-state index contributed by atoms with van der Waals surface area (Å²) in [4.78, 5) is 2.36. The fourth-order valence-corrected chi connectivity index (χ4v) is 9.89. The molecule has 0 unspecified atom stereocenters. The van der Waals surface area contributed by atoms with Crippen molar-refractivity contribution in [3.63, 3.8) is 0 Å². The second-order valence-electron chi connectivity index (χ2n) is 12.6. The molecule has 3 aromatic rings. The summed E-state index contributed by atoms with van der Waals surface area (Å²) in [5.41, 5.74) is -0.294. The van der Waals surface area contributed by atoms with Crippen molar-refractivity contribution in [1.29, 1.82) is 0 Å². The average Bonchev–Trinajstić information content (AvgIpc) is 3.36. The Morgan fingerprint density at radius 3 is 2.43 bits per heavy atom. The molecule has 6 rings (SSSR count). The number of alkyl halides is 3. The van der Waals surface area contributed by atoms with E-state index in [-0.39, 0.29) is 22.1 Å². The van der Waals surface area contributed by atoms with Crippen molar-refractivity contribution < 1.29 is 35.1 Å². The summed E-state index contributed by atoms with van der Waals surface area (Å²) in [7, 11) is -4.02. The SMILES string of the molecule is CC1(CN2CC[C@@]3(S(=O)(=O)c4ccc(F)cc4)c4ccc(OCc5c(F)cccc5C(F)(F)F)cc4CC[C@@H]23)CCNCC1. The number of hydrogen-bond donors (Lipinski definition) is 1. The van der Waals surface area contributed by atoms with E-state index in [1.807, 2.05) is 0 Å². The maximum absolute atomic E-state index is 14.6. The van der Waals surface area contributed by atoms with E-state index < -0.39 is 50.1 Å². The van der Waals surface area contributed by atoms with Crippen LogP contribution >= 0.6 is 0 Å². The van der Waals surface area contributed by atoms with Crippen LogP contribution in [0.3, 0.4) is 0 Å². The Balaban J connectivity index is 1.36. The van der Waals surface area contributed by atoms with Crippen LogP contribution in [0, 0.1) is 17.0 Å². The minimum Gasteiger partial charge on any atom is -0.489 e. The van der Waals surface area contributed by atoms with E-state index in [0.29, 0.717) is 31.4 Å². The van der Waals surface area contributed by atoms with Crippen LogP contribution in [0.25, 0.3) is 0 Å². The molecule has 1 aliphatic carbocycles. The number of benzene rings is 3. The average molecular weight is 635 g/mol. The summed E-state index contributed by atoms with van der Waals surface area (Å²) in [5, 5.41) is 3.40. The largest absolute Gasteiger partial charge is 0.489 e. The van der Waals surface area contributed by atoms with Crippen molar-refractivity contribution in [2.75, 3.05) is 26.2 Å². The molecule has 0 aromatic heterocycles. The summed E-state index contributed by atoms with van der Waals surface area (Å²) in [6.07, 6.45) is -1.32. The number of nitrogens with one attached hydrogen (secondary N) is 1. The Hall–Kier alpha value is -3.02. The van der Waals surface area contributed by atoms with Crippen LogP contribution in [-0.4, -0.2) is 45.5 Å². The van der Waals surface area contributed by atoms with Crippen molar-refractivity contribution in [1.82, 2.24) is 10.2 Å². The van der Waals surface area contributed by atoms with E-state index >= 15 is 0 Å². The number of fused-ring (bicyclic) bond motifs is 3. The molecule has 2 heterocycles. The first-order chi connectivity index (χ1) is 20.8. The minimum atomic E-state index is -4.74. The lowest BCUT2D eigenvalue weighted by atomic mass is 9.77. The van der Waals surface area contributed by atoms with Gasteiger partial charge in [-0.2, -0.15) is 13.2 Å². The van der Waals surface area contributed by atoms with Gasteiger partial charge in [-0.15, -0.1) is 0 Å². The van der Waals surface area contributed by atoms with Crippen LogP contribution in [0.15, 0.2) is 65.6 Å². The van der Waals surface area contributed by atoms with Crippen molar-refractivity contribution >= 4 is 9.84 Å². The first-order valence-electron chi connectivity index (χ1n) is 14.9. The van der Waals surface area contributed by atoms with Crippen molar-refractivity contribution in [3.05, 3.63) is 94.6 Å². The molecule has 3 aliphatic rings. The van der Waals surface area contributed by atoms with Crippen LogP contribution in [0.1, 0.15) is 54.9 Å². The molecule has 1 N–H and O–H groups in total. The maximum Gasteiger partial charge on any atom is 0.416 e. The van der Waals surface area contributed by atoms with E-state index in [4.69, 9.17) is 4.74 Å². The van der Waals surface area contributed by atoms with Gasteiger partial charge in [-0.05, 0) is 110 Å². The van der Waals surface area contributed by atoms with Crippen LogP contribution in [0.4, 0.5) is 22.0 Å². The number of aryl methyl sites for hydroxylation is 1. The molecular weight excluding hydrogens is 599 g/mol. The number of sulfone groups is 1. The zero-order chi connectivity index (χ0) is 31.3. The molecule has 3 aromatic carbocycles. The maximum atomic E-state index is 14.6. The van der Waals surface area contributed by atoms with Gasteiger partial charge in [-0.25, -0.2) is 17.2 Å². The van der Waals surface area contributed by atoms with Gasteiger partial charge in [0.25, 0.3) is 0 Å². The predicted molar refractivity (Wildman–Crippen MR) is 156 cm³/mol. The van der Waals surface area contributed by atoms with Gasteiger partial charge in [0, 0.05) is 24.7 Å². The Bertz CT molecular complexity index is 1640. The monoisotopic (exact) mass is 634 g/mol. The topological polar surface area (TPSA) is 58.6 Å². The number of nitrogens with zero attached hydrogens (tertiary/aromatic N) is 1. The van der Waals surface area contributed by atoms with Crippen molar-refractivity contribution in [2.45, 2.75) is 67.5 Å². The fourth-order valence-electron chi connectivity index (χ4n) is 7.51. The van der Waals surface area contributed by atoms with Gasteiger partial charge in [0.2, 0.25) is 0 Å². The van der Waals surface area contributed by atoms with Gasteiger partial charge >= 0.3 is 6.18 Å². The highest BCUT2D eigenvalue weighted by molar-refractivity contribution is 7.92.